The third-order valence-electron chi connectivity index (χ3n) is 6.28. The summed E-state index contributed by atoms with van der Waals surface area (Å²) in [6.45, 7) is 3.15. The molecule has 1 fully saturated rings. The molecular formula is C23H22F4N6O2. The van der Waals surface area contributed by atoms with Gasteiger partial charge in [0.05, 0.1) is 23.6 Å². The van der Waals surface area contributed by atoms with Crippen LogP contribution in [0.5, 0.6) is 0 Å². The number of halogens is 4. The van der Waals surface area contributed by atoms with E-state index in [2.05, 4.69) is 20.3 Å². The smallest absolute Gasteiger partial charge is 0.416 e. The summed E-state index contributed by atoms with van der Waals surface area (Å²) in [5.41, 5.74) is 2.20. The number of fused-ring (bicyclic) bond motifs is 3. The van der Waals surface area contributed by atoms with Gasteiger partial charge in [-0.1, -0.05) is 0 Å². The lowest BCUT2D eigenvalue weighted by molar-refractivity contribution is -0.137. The highest BCUT2D eigenvalue weighted by Gasteiger charge is 2.39. The van der Waals surface area contributed by atoms with Crippen LogP contribution in [0, 0.1) is 0 Å². The SMILES string of the molecule is CC(Nc1nccc(N2C(=O)OC[C@@H]2C(C)F)n1)c1ncn2c1CCc1cc(C(F)(F)F)ccc1-2. The van der Waals surface area contributed by atoms with E-state index in [0.29, 0.717) is 29.8 Å². The highest BCUT2D eigenvalue weighted by molar-refractivity contribution is 5.89. The number of aromatic nitrogens is 4. The van der Waals surface area contributed by atoms with Crippen LogP contribution in [0.1, 0.15) is 42.4 Å². The molecule has 35 heavy (non-hydrogen) atoms. The second-order valence-electron chi connectivity index (χ2n) is 8.58. The number of nitrogens with zero attached hydrogens (tertiary/aromatic N) is 5. The molecule has 0 spiro atoms. The summed E-state index contributed by atoms with van der Waals surface area (Å²) in [6, 6.07) is 4.11. The van der Waals surface area contributed by atoms with Crippen molar-refractivity contribution >= 4 is 17.9 Å². The number of ether oxygens (including phenoxy) is 1. The fourth-order valence-corrected chi connectivity index (χ4v) is 4.51. The van der Waals surface area contributed by atoms with E-state index in [1.54, 1.807) is 10.9 Å². The van der Waals surface area contributed by atoms with E-state index in [1.165, 1.54) is 36.2 Å². The summed E-state index contributed by atoms with van der Waals surface area (Å²) in [4.78, 5) is 26.4. The molecule has 12 heteroatoms. The summed E-state index contributed by atoms with van der Waals surface area (Å²) in [6.07, 6.45) is -2.34. The number of carbonyl (C=O) groups excluding carboxylic acids is 1. The first-order valence-electron chi connectivity index (χ1n) is 11.1. The van der Waals surface area contributed by atoms with Gasteiger partial charge < -0.3 is 14.6 Å². The first-order chi connectivity index (χ1) is 16.6. The summed E-state index contributed by atoms with van der Waals surface area (Å²) in [7, 11) is 0. The number of carbonyl (C=O) groups is 1. The minimum Gasteiger partial charge on any atom is -0.447 e. The van der Waals surface area contributed by atoms with E-state index in [4.69, 9.17) is 4.74 Å². The number of benzene rings is 1. The second kappa shape index (κ2) is 8.51. The molecule has 4 heterocycles. The quantitative estimate of drug-likeness (QED) is 0.525. The number of hydrogen-bond donors (Lipinski definition) is 1. The monoisotopic (exact) mass is 490 g/mol. The molecule has 5 rings (SSSR count). The number of rotatable bonds is 5. The number of nitrogens with one attached hydrogen (secondary N) is 1. The fourth-order valence-electron chi connectivity index (χ4n) is 4.51. The average Bonchev–Trinajstić information content (AvgIpc) is 3.42. The number of aryl methyl sites for hydroxylation is 1. The normalized spacial score (nSPS) is 19.1. The van der Waals surface area contributed by atoms with E-state index < -0.39 is 30.0 Å². The molecule has 2 aromatic heterocycles. The first-order valence-corrected chi connectivity index (χ1v) is 11.1. The van der Waals surface area contributed by atoms with Crippen molar-refractivity contribution in [2.24, 2.45) is 0 Å². The van der Waals surface area contributed by atoms with Crippen molar-refractivity contribution in [1.82, 2.24) is 19.5 Å². The number of amides is 1. The Morgan fingerprint density at radius 3 is 2.71 bits per heavy atom. The Morgan fingerprint density at radius 2 is 1.97 bits per heavy atom. The Bertz CT molecular complexity index is 1280. The number of cyclic esters (lactones) is 1. The first kappa shape index (κ1) is 23.1. The van der Waals surface area contributed by atoms with Gasteiger partial charge in [-0.25, -0.2) is 19.2 Å². The molecule has 0 radical (unpaired) electrons. The van der Waals surface area contributed by atoms with Crippen LogP contribution in [0.25, 0.3) is 5.69 Å². The Morgan fingerprint density at radius 1 is 1.17 bits per heavy atom. The second-order valence-corrected chi connectivity index (χ2v) is 8.58. The van der Waals surface area contributed by atoms with Crippen molar-refractivity contribution in [3.63, 3.8) is 0 Å². The molecule has 1 saturated heterocycles. The van der Waals surface area contributed by atoms with E-state index in [0.717, 1.165) is 11.8 Å². The van der Waals surface area contributed by atoms with Gasteiger partial charge in [0.2, 0.25) is 5.95 Å². The topological polar surface area (TPSA) is 85.2 Å². The van der Waals surface area contributed by atoms with Crippen molar-refractivity contribution in [3.8, 4) is 5.69 Å². The van der Waals surface area contributed by atoms with Gasteiger partial charge in [0.25, 0.3) is 0 Å². The third kappa shape index (κ3) is 4.17. The van der Waals surface area contributed by atoms with Gasteiger partial charge in [0, 0.05) is 17.6 Å². The van der Waals surface area contributed by atoms with Crippen molar-refractivity contribution in [2.45, 2.75) is 51.1 Å². The summed E-state index contributed by atoms with van der Waals surface area (Å²) in [5, 5.41) is 3.15. The van der Waals surface area contributed by atoms with E-state index in [-0.39, 0.29) is 24.4 Å². The Kier molecular flexibility index (Phi) is 5.60. The highest BCUT2D eigenvalue weighted by atomic mass is 19.4. The van der Waals surface area contributed by atoms with Gasteiger partial charge in [0.1, 0.15) is 24.6 Å². The Balaban J connectivity index is 1.38. The van der Waals surface area contributed by atoms with Gasteiger partial charge in [-0.2, -0.15) is 18.2 Å². The molecule has 1 aromatic carbocycles. The highest BCUT2D eigenvalue weighted by Crippen LogP contribution is 2.35. The zero-order valence-corrected chi connectivity index (χ0v) is 18.9. The molecule has 1 N–H and O–H groups in total. The zero-order chi connectivity index (χ0) is 24.9. The summed E-state index contributed by atoms with van der Waals surface area (Å²) in [5.74, 6) is 0.431. The molecule has 3 aromatic rings. The van der Waals surface area contributed by atoms with Crippen molar-refractivity contribution < 1.29 is 27.1 Å². The standard InChI is InChI=1S/C23H22F4N6O2/c1-12(24)18-10-35-22(34)33(18)19-7-8-28-21(31-19)30-13(2)20-17-5-3-14-9-15(23(25,26)27)4-6-16(14)32(17)11-29-20/h4,6-9,11-13,18H,3,5,10H2,1-2H3,(H,28,30,31)/t12?,13?,18-/m1/s1. The van der Waals surface area contributed by atoms with Gasteiger partial charge in [-0.15, -0.1) is 0 Å². The Labute approximate surface area is 198 Å². The van der Waals surface area contributed by atoms with Crippen LogP contribution in [-0.2, 0) is 23.8 Å². The molecule has 2 aliphatic heterocycles. The summed E-state index contributed by atoms with van der Waals surface area (Å²) < 4.78 is 60.0. The van der Waals surface area contributed by atoms with Gasteiger partial charge in [0.15, 0.2) is 0 Å². The van der Waals surface area contributed by atoms with E-state index in [1.807, 2.05) is 6.92 Å². The van der Waals surface area contributed by atoms with E-state index in [9.17, 15) is 22.4 Å². The van der Waals surface area contributed by atoms with Crippen LogP contribution in [0.2, 0.25) is 0 Å². The van der Waals surface area contributed by atoms with E-state index >= 15 is 0 Å². The van der Waals surface area contributed by atoms with Gasteiger partial charge >= 0.3 is 12.3 Å². The molecule has 0 bridgehead atoms. The van der Waals surface area contributed by atoms with Crippen LogP contribution in [0.3, 0.4) is 0 Å². The number of hydrogen-bond acceptors (Lipinski definition) is 6. The zero-order valence-electron chi connectivity index (χ0n) is 18.9. The maximum atomic E-state index is 14.0. The van der Waals surface area contributed by atoms with Crippen LogP contribution < -0.4 is 10.2 Å². The molecule has 1 amide bonds. The molecule has 8 nitrogen and oxygen atoms in total. The number of imidazole rings is 1. The summed E-state index contributed by atoms with van der Waals surface area (Å²) >= 11 is 0. The minimum absolute atomic E-state index is 0.0631. The lowest BCUT2D eigenvalue weighted by Gasteiger charge is -2.23. The molecule has 0 saturated carbocycles. The fraction of sp³-hybridized carbons (Fsp3) is 0.391. The van der Waals surface area contributed by atoms with Crippen LogP contribution in [-0.4, -0.2) is 44.4 Å². The maximum absolute atomic E-state index is 14.0. The Hall–Kier alpha value is -3.70. The molecule has 2 aliphatic rings. The predicted octanol–water partition coefficient (Wildman–Crippen LogP) is 4.64. The molecular weight excluding hydrogens is 468 g/mol. The lowest BCUT2D eigenvalue weighted by Crippen LogP contribution is -2.39. The van der Waals surface area contributed by atoms with Crippen molar-refractivity contribution in [2.75, 3.05) is 16.8 Å². The van der Waals surface area contributed by atoms with Crippen LogP contribution in [0.4, 0.5) is 34.1 Å². The van der Waals surface area contributed by atoms with Gasteiger partial charge in [-0.3, -0.25) is 4.90 Å². The maximum Gasteiger partial charge on any atom is 0.416 e. The number of anilines is 2. The molecule has 3 atom stereocenters. The average molecular weight is 490 g/mol. The van der Waals surface area contributed by atoms with Crippen molar-refractivity contribution in [1.29, 1.82) is 0 Å². The molecule has 2 unspecified atom stereocenters. The number of alkyl halides is 4. The third-order valence-corrected chi connectivity index (χ3v) is 6.28. The van der Waals surface area contributed by atoms with Gasteiger partial charge in [-0.05, 0) is 56.5 Å². The predicted molar refractivity (Wildman–Crippen MR) is 118 cm³/mol. The molecule has 184 valence electrons. The molecule has 0 aliphatic carbocycles. The van der Waals surface area contributed by atoms with Crippen molar-refractivity contribution in [3.05, 3.63) is 59.3 Å². The largest absolute Gasteiger partial charge is 0.447 e. The lowest BCUT2D eigenvalue weighted by atomic mass is 9.97. The van der Waals surface area contributed by atoms with Crippen LogP contribution >= 0.6 is 0 Å². The van der Waals surface area contributed by atoms with Crippen LogP contribution in [0.15, 0.2) is 36.8 Å². The minimum atomic E-state index is -4.39.